The predicted molar refractivity (Wildman–Crippen MR) is 87.5 cm³/mol. The Kier molecular flexibility index (Phi) is 5.91. The van der Waals surface area contributed by atoms with Gasteiger partial charge >= 0.3 is 12.1 Å². The molecule has 0 aromatic rings. The Morgan fingerprint density at radius 2 is 1.76 bits per heavy atom. The van der Waals surface area contributed by atoms with Gasteiger partial charge in [0.25, 0.3) is 0 Å². The fraction of sp³-hybridized carbons (Fsp3) is 0.882. The normalized spacial score (nSPS) is 27.2. The summed E-state index contributed by atoms with van der Waals surface area (Å²) in [5.74, 6) is -3.07. The molecule has 1 aliphatic carbocycles. The molecule has 2 atom stereocenters. The fourth-order valence-corrected chi connectivity index (χ4v) is 3.38. The van der Waals surface area contributed by atoms with Gasteiger partial charge in [-0.15, -0.1) is 0 Å². The van der Waals surface area contributed by atoms with Gasteiger partial charge in [-0.3, -0.25) is 4.90 Å². The molecule has 0 bridgehead atoms. The Hall–Kier alpha value is -1.44. The molecule has 144 valence electrons. The van der Waals surface area contributed by atoms with Crippen molar-refractivity contribution in [3.8, 4) is 0 Å². The fourth-order valence-electron chi connectivity index (χ4n) is 3.38. The van der Waals surface area contributed by atoms with Gasteiger partial charge in [-0.25, -0.2) is 18.4 Å². The van der Waals surface area contributed by atoms with Crippen LogP contribution in [-0.2, 0) is 14.3 Å². The molecule has 0 aromatic carbocycles. The van der Waals surface area contributed by atoms with Crippen LogP contribution in [0, 0.1) is 0 Å². The Bertz CT molecular complexity index is 497. The van der Waals surface area contributed by atoms with Crippen molar-refractivity contribution in [3.63, 3.8) is 0 Å². The average Bonchev–Trinajstić information content (AvgIpc) is 2.91. The molecule has 2 fully saturated rings. The zero-order valence-electron chi connectivity index (χ0n) is 15.3. The van der Waals surface area contributed by atoms with E-state index < -0.39 is 29.6 Å². The van der Waals surface area contributed by atoms with Crippen LogP contribution in [0.1, 0.15) is 52.9 Å². The molecule has 1 N–H and O–H groups in total. The Balaban J connectivity index is 1.98. The first kappa shape index (κ1) is 19.9. The van der Waals surface area contributed by atoms with Gasteiger partial charge in [0.1, 0.15) is 11.6 Å². The quantitative estimate of drug-likeness (QED) is 0.782. The molecule has 2 rings (SSSR count). The highest BCUT2D eigenvalue weighted by atomic mass is 19.3. The van der Waals surface area contributed by atoms with Crippen LogP contribution in [0.15, 0.2) is 0 Å². The van der Waals surface area contributed by atoms with E-state index in [4.69, 9.17) is 9.47 Å². The number of halogens is 2. The molecule has 1 heterocycles. The van der Waals surface area contributed by atoms with Gasteiger partial charge in [0.05, 0.1) is 7.11 Å². The summed E-state index contributed by atoms with van der Waals surface area (Å²) in [5.41, 5.74) is -0.668. The first-order valence-electron chi connectivity index (χ1n) is 8.72. The summed E-state index contributed by atoms with van der Waals surface area (Å²) in [5, 5.41) is 3.32. The van der Waals surface area contributed by atoms with Crippen LogP contribution in [0.3, 0.4) is 0 Å². The number of likely N-dealkylation sites (tertiary alicyclic amines) is 1. The summed E-state index contributed by atoms with van der Waals surface area (Å²) < 4.78 is 36.7. The number of amides is 1. The number of methoxy groups -OCH3 is 1. The molecule has 1 saturated heterocycles. The van der Waals surface area contributed by atoms with Gasteiger partial charge in [-0.2, -0.15) is 0 Å². The van der Waals surface area contributed by atoms with Crippen LogP contribution in [-0.4, -0.2) is 60.3 Å². The number of carbonyl (C=O) groups excluding carboxylic acids is 2. The van der Waals surface area contributed by atoms with Crippen molar-refractivity contribution in [2.75, 3.05) is 13.7 Å². The number of nitrogens with zero attached hydrogens (tertiary/aromatic N) is 1. The van der Waals surface area contributed by atoms with Crippen molar-refractivity contribution in [1.82, 2.24) is 10.2 Å². The van der Waals surface area contributed by atoms with E-state index in [1.54, 1.807) is 20.8 Å². The second-order valence-corrected chi connectivity index (χ2v) is 7.90. The monoisotopic (exact) mass is 362 g/mol. The summed E-state index contributed by atoms with van der Waals surface area (Å²) >= 11 is 0. The number of carbonyl (C=O) groups is 2. The van der Waals surface area contributed by atoms with Crippen molar-refractivity contribution in [3.05, 3.63) is 0 Å². The largest absolute Gasteiger partial charge is 0.467 e. The van der Waals surface area contributed by atoms with E-state index in [9.17, 15) is 18.4 Å². The Labute approximate surface area is 147 Å². The van der Waals surface area contributed by atoms with Crippen LogP contribution in [0.4, 0.5) is 13.6 Å². The van der Waals surface area contributed by atoms with Crippen molar-refractivity contribution >= 4 is 12.1 Å². The molecule has 25 heavy (non-hydrogen) atoms. The zero-order chi connectivity index (χ0) is 18.8. The third-order valence-corrected chi connectivity index (χ3v) is 4.59. The lowest BCUT2D eigenvalue weighted by Gasteiger charge is -2.31. The van der Waals surface area contributed by atoms with E-state index in [0.29, 0.717) is 25.8 Å². The van der Waals surface area contributed by atoms with Crippen LogP contribution in [0.2, 0.25) is 0 Å². The molecule has 0 unspecified atom stereocenters. The second kappa shape index (κ2) is 7.43. The van der Waals surface area contributed by atoms with Crippen molar-refractivity contribution in [1.29, 1.82) is 0 Å². The number of hydrogen-bond acceptors (Lipinski definition) is 5. The molecule has 0 radical (unpaired) electrons. The van der Waals surface area contributed by atoms with Crippen LogP contribution in [0.5, 0.6) is 0 Å². The first-order valence-corrected chi connectivity index (χ1v) is 8.72. The SMILES string of the molecule is COC(=O)[C@@H]1C[C@H](NC2CCC(F)(F)CC2)CN1C(=O)OC(C)(C)C. The Morgan fingerprint density at radius 1 is 1.16 bits per heavy atom. The molecule has 1 amide bonds. The van der Waals surface area contributed by atoms with Gasteiger partial charge in [-0.1, -0.05) is 0 Å². The number of nitrogens with one attached hydrogen (secondary N) is 1. The van der Waals surface area contributed by atoms with Crippen LogP contribution in [0.25, 0.3) is 0 Å². The third-order valence-electron chi connectivity index (χ3n) is 4.59. The molecule has 1 aliphatic heterocycles. The average molecular weight is 362 g/mol. The lowest BCUT2D eigenvalue weighted by molar-refractivity contribution is -0.145. The topological polar surface area (TPSA) is 67.9 Å². The molecule has 1 saturated carbocycles. The standard InChI is InChI=1S/C17H28F2N2O4/c1-16(2,3)25-15(23)21-10-12(9-13(21)14(22)24-4)20-11-5-7-17(18,19)8-6-11/h11-13,20H,5-10H2,1-4H3/t12-,13-/m0/s1. The second-order valence-electron chi connectivity index (χ2n) is 7.90. The summed E-state index contributed by atoms with van der Waals surface area (Å²) in [6, 6.07) is -0.891. The van der Waals surface area contributed by atoms with Gasteiger partial charge in [0.15, 0.2) is 0 Å². The highest BCUT2D eigenvalue weighted by molar-refractivity contribution is 5.82. The number of ether oxygens (including phenoxy) is 2. The number of rotatable bonds is 3. The summed E-state index contributed by atoms with van der Waals surface area (Å²) in [6.07, 6.45) is 0.333. The van der Waals surface area contributed by atoms with E-state index >= 15 is 0 Å². The molecule has 2 aliphatic rings. The summed E-state index contributed by atoms with van der Waals surface area (Å²) in [6.45, 7) is 5.56. The highest BCUT2D eigenvalue weighted by Gasteiger charge is 2.43. The van der Waals surface area contributed by atoms with Crippen molar-refractivity contribution < 1.29 is 27.8 Å². The highest BCUT2D eigenvalue weighted by Crippen LogP contribution is 2.34. The molecular formula is C17H28F2N2O4. The van der Waals surface area contributed by atoms with E-state index in [2.05, 4.69) is 5.32 Å². The Morgan fingerprint density at radius 3 is 2.28 bits per heavy atom. The minimum Gasteiger partial charge on any atom is -0.467 e. The molecule has 0 spiro atoms. The molecule has 8 heteroatoms. The van der Waals surface area contributed by atoms with Gasteiger partial charge in [-0.05, 0) is 40.0 Å². The smallest absolute Gasteiger partial charge is 0.411 e. The molecule has 6 nitrogen and oxygen atoms in total. The first-order chi connectivity index (χ1) is 11.5. The maximum absolute atomic E-state index is 13.3. The maximum atomic E-state index is 13.3. The summed E-state index contributed by atoms with van der Waals surface area (Å²) in [7, 11) is 1.28. The van der Waals surface area contributed by atoms with Gasteiger partial charge in [0, 0.05) is 31.5 Å². The number of alkyl halides is 2. The lowest BCUT2D eigenvalue weighted by atomic mass is 9.91. The van der Waals surface area contributed by atoms with Crippen LogP contribution >= 0.6 is 0 Å². The zero-order valence-corrected chi connectivity index (χ0v) is 15.3. The maximum Gasteiger partial charge on any atom is 0.411 e. The van der Waals surface area contributed by atoms with Crippen LogP contribution < -0.4 is 5.32 Å². The summed E-state index contributed by atoms with van der Waals surface area (Å²) in [4.78, 5) is 25.8. The van der Waals surface area contributed by atoms with Gasteiger partial charge < -0.3 is 14.8 Å². The predicted octanol–water partition coefficient (Wildman–Crippen LogP) is 2.70. The van der Waals surface area contributed by atoms with Crippen molar-refractivity contribution in [2.24, 2.45) is 0 Å². The third kappa shape index (κ3) is 5.52. The van der Waals surface area contributed by atoms with Crippen molar-refractivity contribution in [2.45, 2.75) is 82.5 Å². The van der Waals surface area contributed by atoms with E-state index in [0.717, 1.165) is 0 Å². The number of hydrogen-bond donors (Lipinski definition) is 1. The minimum absolute atomic E-state index is 0.0264. The molecule has 0 aromatic heterocycles. The van der Waals surface area contributed by atoms with E-state index in [1.807, 2.05) is 0 Å². The van der Waals surface area contributed by atoms with E-state index in [-0.39, 0.29) is 24.9 Å². The number of esters is 1. The van der Waals surface area contributed by atoms with E-state index in [1.165, 1.54) is 12.0 Å². The molecular weight excluding hydrogens is 334 g/mol. The van der Waals surface area contributed by atoms with Gasteiger partial charge in [0.2, 0.25) is 5.92 Å². The minimum atomic E-state index is -2.58. The lowest BCUT2D eigenvalue weighted by Crippen LogP contribution is -2.45.